The van der Waals surface area contributed by atoms with Crippen LogP contribution < -0.4 is 9.80 Å². The normalized spacial score (nSPS) is 14.4. The van der Waals surface area contributed by atoms with Gasteiger partial charge in [0.2, 0.25) is 0 Å². The van der Waals surface area contributed by atoms with Gasteiger partial charge in [-0.25, -0.2) is 0 Å². The van der Waals surface area contributed by atoms with E-state index in [1.54, 1.807) is 6.20 Å². The third-order valence-corrected chi connectivity index (χ3v) is 5.58. The lowest BCUT2D eigenvalue weighted by atomic mass is 10.1. The zero-order valence-electron chi connectivity index (χ0n) is 16.9. The number of nitrogens with zero attached hydrogens (tertiary/aromatic N) is 4. The highest BCUT2D eigenvalue weighted by Gasteiger charge is 2.21. The van der Waals surface area contributed by atoms with Gasteiger partial charge in [0, 0.05) is 51.2 Å². The molecule has 0 atom stereocenters. The Hall–Kier alpha value is -2.56. The number of rotatable bonds is 5. The van der Waals surface area contributed by atoms with E-state index in [1.165, 1.54) is 16.8 Å². The Balaban J connectivity index is 1.70. The zero-order valence-corrected chi connectivity index (χ0v) is 16.9. The number of hydrogen-bond acceptors (Lipinski definition) is 4. The van der Waals surface area contributed by atoms with E-state index in [4.69, 9.17) is 0 Å². The minimum atomic E-state index is 0.0587. The van der Waals surface area contributed by atoms with Gasteiger partial charge in [0.15, 0.2) is 0 Å². The standard InChI is InChI=1S/C22H30N4O/c1-5-24(6-2)22(27)19-14-20(16-23-15-19)25-10-12-26(13-11-25)21-9-7-8-17(3)18(21)4/h7-9,14-16H,5-6,10-13H2,1-4H3. The lowest BCUT2D eigenvalue weighted by Crippen LogP contribution is -2.47. The Morgan fingerprint density at radius 1 is 1.04 bits per heavy atom. The van der Waals surface area contributed by atoms with Crippen LogP contribution in [0.2, 0.25) is 0 Å². The van der Waals surface area contributed by atoms with E-state index in [-0.39, 0.29) is 5.91 Å². The molecule has 1 aliphatic rings. The fraction of sp³-hybridized carbons (Fsp3) is 0.455. The highest BCUT2D eigenvalue weighted by atomic mass is 16.2. The van der Waals surface area contributed by atoms with Crippen molar-refractivity contribution >= 4 is 17.3 Å². The fourth-order valence-corrected chi connectivity index (χ4v) is 3.69. The molecule has 0 bridgehead atoms. The first-order valence-corrected chi connectivity index (χ1v) is 9.85. The topological polar surface area (TPSA) is 39.7 Å². The van der Waals surface area contributed by atoms with Crippen molar-refractivity contribution in [3.63, 3.8) is 0 Å². The molecule has 5 nitrogen and oxygen atoms in total. The van der Waals surface area contributed by atoms with E-state index in [0.717, 1.165) is 31.9 Å². The van der Waals surface area contributed by atoms with Crippen molar-refractivity contribution in [3.05, 3.63) is 53.3 Å². The number of amides is 1. The smallest absolute Gasteiger partial charge is 0.255 e. The minimum absolute atomic E-state index is 0.0587. The van der Waals surface area contributed by atoms with Gasteiger partial charge in [-0.15, -0.1) is 0 Å². The van der Waals surface area contributed by atoms with Gasteiger partial charge in [0.05, 0.1) is 17.4 Å². The summed E-state index contributed by atoms with van der Waals surface area (Å²) >= 11 is 0. The number of pyridine rings is 1. The van der Waals surface area contributed by atoms with Crippen LogP contribution in [0.25, 0.3) is 0 Å². The second kappa shape index (κ2) is 8.42. The maximum atomic E-state index is 12.6. The van der Waals surface area contributed by atoms with Gasteiger partial charge in [-0.2, -0.15) is 0 Å². The second-order valence-electron chi connectivity index (χ2n) is 7.10. The van der Waals surface area contributed by atoms with Crippen LogP contribution in [0, 0.1) is 13.8 Å². The summed E-state index contributed by atoms with van der Waals surface area (Å²) in [5.41, 5.74) is 5.74. The monoisotopic (exact) mass is 366 g/mol. The predicted octanol–water partition coefficient (Wildman–Crippen LogP) is 3.51. The Morgan fingerprint density at radius 3 is 2.37 bits per heavy atom. The summed E-state index contributed by atoms with van der Waals surface area (Å²) in [6.45, 7) is 13.6. The van der Waals surface area contributed by atoms with Gasteiger partial charge >= 0.3 is 0 Å². The first-order valence-electron chi connectivity index (χ1n) is 9.85. The molecular formula is C22H30N4O. The molecule has 1 saturated heterocycles. The van der Waals surface area contributed by atoms with Crippen LogP contribution in [-0.4, -0.2) is 55.1 Å². The fourth-order valence-electron chi connectivity index (χ4n) is 3.69. The van der Waals surface area contributed by atoms with Crippen LogP contribution >= 0.6 is 0 Å². The Morgan fingerprint density at radius 2 is 1.70 bits per heavy atom. The molecule has 144 valence electrons. The lowest BCUT2D eigenvalue weighted by molar-refractivity contribution is 0.0772. The number of anilines is 2. The van der Waals surface area contributed by atoms with Crippen LogP contribution in [0.5, 0.6) is 0 Å². The quantitative estimate of drug-likeness (QED) is 0.812. The first-order chi connectivity index (χ1) is 13.0. The molecular weight excluding hydrogens is 336 g/mol. The van der Waals surface area contributed by atoms with Gasteiger partial charge in [-0.1, -0.05) is 12.1 Å². The number of carbonyl (C=O) groups excluding carboxylic acids is 1. The van der Waals surface area contributed by atoms with Gasteiger partial charge in [0.1, 0.15) is 0 Å². The lowest BCUT2D eigenvalue weighted by Gasteiger charge is -2.38. The Bertz CT molecular complexity index is 793. The highest BCUT2D eigenvalue weighted by molar-refractivity contribution is 5.94. The maximum Gasteiger partial charge on any atom is 0.255 e. The Labute approximate surface area is 162 Å². The molecule has 2 heterocycles. The van der Waals surface area contributed by atoms with Gasteiger partial charge in [-0.05, 0) is 51.0 Å². The maximum absolute atomic E-state index is 12.6. The summed E-state index contributed by atoms with van der Waals surface area (Å²) in [5.74, 6) is 0.0587. The van der Waals surface area contributed by atoms with Gasteiger partial charge in [0.25, 0.3) is 5.91 Å². The molecule has 0 N–H and O–H groups in total. The van der Waals surface area contributed by atoms with Crippen LogP contribution in [0.15, 0.2) is 36.7 Å². The first kappa shape index (κ1) is 19.2. The summed E-state index contributed by atoms with van der Waals surface area (Å²) in [6, 6.07) is 8.50. The molecule has 27 heavy (non-hydrogen) atoms. The third kappa shape index (κ3) is 4.07. The molecule has 1 aliphatic heterocycles. The number of carbonyl (C=O) groups is 1. The van der Waals surface area contributed by atoms with Crippen LogP contribution in [0.1, 0.15) is 35.3 Å². The van der Waals surface area contributed by atoms with Crippen LogP contribution in [0.3, 0.4) is 0 Å². The summed E-state index contributed by atoms with van der Waals surface area (Å²) < 4.78 is 0. The van der Waals surface area contributed by atoms with Crippen molar-refractivity contribution in [1.82, 2.24) is 9.88 Å². The Kier molecular flexibility index (Phi) is 5.99. The number of aryl methyl sites for hydroxylation is 1. The number of hydrogen-bond donors (Lipinski definition) is 0. The number of benzene rings is 1. The number of aromatic nitrogens is 1. The average molecular weight is 367 g/mol. The molecule has 1 amide bonds. The minimum Gasteiger partial charge on any atom is -0.368 e. The highest BCUT2D eigenvalue weighted by Crippen LogP contribution is 2.25. The summed E-state index contributed by atoms with van der Waals surface area (Å²) in [7, 11) is 0. The summed E-state index contributed by atoms with van der Waals surface area (Å²) in [4.78, 5) is 23.6. The van der Waals surface area contributed by atoms with Crippen LogP contribution in [0.4, 0.5) is 11.4 Å². The van der Waals surface area contributed by atoms with E-state index < -0.39 is 0 Å². The van der Waals surface area contributed by atoms with Crippen LogP contribution in [-0.2, 0) is 0 Å². The molecule has 1 aromatic carbocycles. The SMILES string of the molecule is CCN(CC)C(=O)c1cncc(N2CCN(c3cccc(C)c3C)CC2)c1. The molecule has 0 unspecified atom stereocenters. The summed E-state index contributed by atoms with van der Waals surface area (Å²) in [6.07, 6.45) is 3.54. The predicted molar refractivity (Wildman–Crippen MR) is 112 cm³/mol. The zero-order chi connectivity index (χ0) is 19.4. The van der Waals surface area contributed by atoms with E-state index >= 15 is 0 Å². The molecule has 0 aliphatic carbocycles. The second-order valence-corrected chi connectivity index (χ2v) is 7.10. The molecule has 0 spiro atoms. The van der Waals surface area contributed by atoms with Crippen molar-refractivity contribution in [2.75, 3.05) is 49.1 Å². The third-order valence-electron chi connectivity index (χ3n) is 5.58. The van der Waals surface area contributed by atoms with Crippen molar-refractivity contribution in [3.8, 4) is 0 Å². The van der Waals surface area contributed by atoms with Crippen molar-refractivity contribution in [2.45, 2.75) is 27.7 Å². The molecule has 0 saturated carbocycles. The van der Waals surface area contributed by atoms with Gasteiger partial charge in [-0.3, -0.25) is 9.78 Å². The summed E-state index contributed by atoms with van der Waals surface area (Å²) in [5, 5.41) is 0. The van der Waals surface area contributed by atoms with E-state index in [0.29, 0.717) is 18.7 Å². The largest absolute Gasteiger partial charge is 0.368 e. The molecule has 0 radical (unpaired) electrons. The van der Waals surface area contributed by atoms with E-state index in [9.17, 15) is 4.79 Å². The van der Waals surface area contributed by atoms with Crippen molar-refractivity contribution in [2.24, 2.45) is 0 Å². The van der Waals surface area contributed by atoms with E-state index in [1.807, 2.05) is 31.0 Å². The van der Waals surface area contributed by atoms with Crippen molar-refractivity contribution in [1.29, 1.82) is 0 Å². The molecule has 1 fully saturated rings. The van der Waals surface area contributed by atoms with E-state index in [2.05, 4.69) is 46.8 Å². The molecule has 5 heteroatoms. The molecule has 1 aromatic heterocycles. The van der Waals surface area contributed by atoms with Gasteiger partial charge < -0.3 is 14.7 Å². The number of piperazine rings is 1. The average Bonchev–Trinajstić information content (AvgIpc) is 2.71. The van der Waals surface area contributed by atoms with Crippen molar-refractivity contribution < 1.29 is 4.79 Å². The molecule has 3 rings (SSSR count). The molecule has 2 aromatic rings.